The number of aliphatic hydroxyl groups is 2. The quantitative estimate of drug-likeness (QED) is 0.0954. The van der Waals surface area contributed by atoms with Crippen LogP contribution in [0.2, 0.25) is 0 Å². The van der Waals surface area contributed by atoms with Gasteiger partial charge in [-0.15, -0.1) is 0 Å². The number of hydrogen-bond donors (Lipinski definition) is 7. The molecule has 0 heterocycles. The smallest absolute Gasteiger partial charge is 0.331 e. The van der Waals surface area contributed by atoms with Gasteiger partial charge in [-0.05, 0) is 42.4 Å². The molecule has 0 saturated heterocycles. The van der Waals surface area contributed by atoms with Crippen LogP contribution in [0.4, 0.5) is 0 Å². The van der Waals surface area contributed by atoms with Gasteiger partial charge in [-0.3, -0.25) is 19.2 Å². The van der Waals surface area contributed by atoms with E-state index in [1.165, 1.54) is 18.7 Å². The minimum Gasteiger partial charge on any atom is -0.459 e. The molecule has 2 aromatic carbocycles. The zero-order chi connectivity index (χ0) is 35.6. The highest BCUT2D eigenvalue weighted by Crippen LogP contribution is 2.11. The molecule has 14 heteroatoms. The Labute approximate surface area is 286 Å². The Hall–Kier alpha value is -3.98. The van der Waals surface area contributed by atoms with E-state index in [1.807, 2.05) is 19.2 Å². The summed E-state index contributed by atoms with van der Waals surface area (Å²) in [7, 11) is 0. The van der Waals surface area contributed by atoms with E-state index < -0.39 is 72.5 Å². The minimum atomic E-state index is -1.49. The fourth-order valence-electron chi connectivity index (χ4n) is 4.57. The number of carbonyl (C=O) groups excluding carboxylic acids is 5. The number of thioether (sulfide) groups is 1. The van der Waals surface area contributed by atoms with E-state index in [1.54, 1.807) is 61.5 Å². The van der Waals surface area contributed by atoms with E-state index in [-0.39, 0.29) is 18.9 Å². The van der Waals surface area contributed by atoms with Crippen molar-refractivity contribution in [3.63, 3.8) is 0 Å². The number of benzene rings is 2. The van der Waals surface area contributed by atoms with Crippen molar-refractivity contribution < 1.29 is 38.9 Å². The van der Waals surface area contributed by atoms with Crippen LogP contribution in [-0.4, -0.2) is 94.7 Å². The van der Waals surface area contributed by atoms with Gasteiger partial charge >= 0.3 is 5.97 Å². The molecule has 0 aliphatic heterocycles. The standard InChI is InChI=1S/C34H49N5O8S/c1-5-21(2)28(38-30(42)25(35)16-17-48-4)33(45)37-27(19-40)32(44)36-26(18-23-12-8-6-9-13-23)31(43)39-29(22(3)41)34(46)47-20-24-14-10-7-11-15-24/h6-15,21-22,25-29,40-41H,5,16-20,35H2,1-4H3,(H,36,44)(H,37,45)(H,38,42)(H,39,43)/t21-,22+,25+,26-,27-,28-,29-/m0/s1. The van der Waals surface area contributed by atoms with Crippen LogP contribution in [0.5, 0.6) is 0 Å². The lowest BCUT2D eigenvalue weighted by Crippen LogP contribution is -2.61. The van der Waals surface area contributed by atoms with Gasteiger partial charge in [-0.1, -0.05) is 80.9 Å². The minimum absolute atomic E-state index is 0.0183. The highest BCUT2D eigenvalue weighted by Gasteiger charge is 2.34. The van der Waals surface area contributed by atoms with Crippen LogP contribution < -0.4 is 27.0 Å². The van der Waals surface area contributed by atoms with Crippen molar-refractivity contribution in [1.29, 1.82) is 0 Å². The summed E-state index contributed by atoms with van der Waals surface area (Å²) in [6.45, 7) is 4.02. The molecule has 0 spiro atoms. The summed E-state index contributed by atoms with van der Waals surface area (Å²) in [6.07, 6.45) is 1.47. The monoisotopic (exact) mass is 687 g/mol. The molecule has 7 atom stereocenters. The summed E-state index contributed by atoms with van der Waals surface area (Å²) in [5, 5.41) is 30.6. The average molecular weight is 688 g/mol. The summed E-state index contributed by atoms with van der Waals surface area (Å²) in [4.78, 5) is 65.9. The summed E-state index contributed by atoms with van der Waals surface area (Å²) < 4.78 is 5.32. The number of esters is 1. The molecule has 2 aromatic rings. The van der Waals surface area contributed by atoms with Gasteiger partial charge in [0.15, 0.2) is 6.04 Å². The highest BCUT2D eigenvalue weighted by molar-refractivity contribution is 7.98. The van der Waals surface area contributed by atoms with E-state index in [0.717, 1.165) is 0 Å². The van der Waals surface area contributed by atoms with E-state index in [4.69, 9.17) is 10.5 Å². The van der Waals surface area contributed by atoms with Gasteiger partial charge in [-0.25, -0.2) is 4.79 Å². The van der Waals surface area contributed by atoms with Crippen molar-refractivity contribution in [2.75, 3.05) is 18.6 Å². The van der Waals surface area contributed by atoms with Gasteiger partial charge < -0.3 is 42.0 Å². The van der Waals surface area contributed by atoms with Gasteiger partial charge in [0.05, 0.1) is 18.8 Å². The second kappa shape index (κ2) is 21.1. The molecule has 2 rings (SSSR count). The topological polar surface area (TPSA) is 209 Å². The van der Waals surface area contributed by atoms with Crippen LogP contribution in [0, 0.1) is 5.92 Å². The molecule has 0 saturated carbocycles. The Balaban J connectivity index is 2.20. The van der Waals surface area contributed by atoms with Gasteiger partial charge in [-0.2, -0.15) is 11.8 Å². The van der Waals surface area contributed by atoms with Crippen LogP contribution in [0.15, 0.2) is 60.7 Å². The molecule has 0 aliphatic rings. The fourth-order valence-corrected chi connectivity index (χ4v) is 5.06. The van der Waals surface area contributed by atoms with Crippen LogP contribution in [0.1, 0.15) is 44.7 Å². The molecule has 0 unspecified atom stereocenters. The third kappa shape index (κ3) is 13.3. The summed E-state index contributed by atoms with van der Waals surface area (Å²) >= 11 is 1.54. The van der Waals surface area contributed by atoms with E-state index in [9.17, 15) is 34.2 Å². The number of aliphatic hydroxyl groups excluding tert-OH is 2. The lowest BCUT2D eigenvalue weighted by molar-refractivity contribution is -0.152. The molecule has 0 radical (unpaired) electrons. The van der Waals surface area contributed by atoms with Crippen molar-refractivity contribution in [3.8, 4) is 0 Å². The van der Waals surface area contributed by atoms with Crippen molar-refractivity contribution in [1.82, 2.24) is 21.3 Å². The molecule has 48 heavy (non-hydrogen) atoms. The Morgan fingerprint density at radius 1 is 0.792 bits per heavy atom. The van der Waals surface area contributed by atoms with Crippen LogP contribution in [-0.2, 0) is 41.7 Å². The van der Waals surface area contributed by atoms with Crippen molar-refractivity contribution in [2.45, 2.75) is 83.0 Å². The lowest BCUT2D eigenvalue weighted by atomic mass is 9.97. The molecule has 264 valence electrons. The van der Waals surface area contributed by atoms with E-state index >= 15 is 0 Å². The number of amides is 4. The maximum Gasteiger partial charge on any atom is 0.331 e. The van der Waals surface area contributed by atoms with Crippen LogP contribution in [0.25, 0.3) is 0 Å². The lowest BCUT2D eigenvalue weighted by Gasteiger charge is -2.28. The predicted molar refractivity (Wildman–Crippen MR) is 183 cm³/mol. The second-order valence-electron chi connectivity index (χ2n) is 11.6. The molecule has 8 N–H and O–H groups in total. The highest BCUT2D eigenvalue weighted by atomic mass is 32.2. The number of hydrogen-bond acceptors (Lipinski definition) is 10. The number of rotatable bonds is 20. The molecular formula is C34H49N5O8S. The molecule has 0 aromatic heterocycles. The predicted octanol–water partition coefficient (Wildman–Crippen LogP) is 0.411. The Kier molecular flexibility index (Phi) is 17.7. The van der Waals surface area contributed by atoms with Gasteiger partial charge in [0.2, 0.25) is 23.6 Å². The summed E-state index contributed by atoms with van der Waals surface area (Å²) in [6, 6.07) is 11.5. The summed E-state index contributed by atoms with van der Waals surface area (Å²) in [5.41, 5.74) is 7.36. The Bertz CT molecular complexity index is 1320. The molecular weight excluding hydrogens is 638 g/mol. The first-order valence-electron chi connectivity index (χ1n) is 15.9. The third-order valence-electron chi connectivity index (χ3n) is 7.75. The van der Waals surface area contributed by atoms with Crippen molar-refractivity contribution in [3.05, 3.63) is 71.8 Å². The zero-order valence-corrected chi connectivity index (χ0v) is 28.7. The molecule has 0 aliphatic carbocycles. The van der Waals surface area contributed by atoms with Gasteiger partial charge in [0.1, 0.15) is 24.7 Å². The first-order chi connectivity index (χ1) is 22.9. The van der Waals surface area contributed by atoms with E-state index in [2.05, 4.69) is 21.3 Å². The third-order valence-corrected chi connectivity index (χ3v) is 8.40. The van der Waals surface area contributed by atoms with Crippen molar-refractivity contribution in [2.24, 2.45) is 11.7 Å². The number of ether oxygens (including phenoxy) is 1. The van der Waals surface area contributed by atoms with E-state index in [0.29, 0.717) is 29.7 Å². The number of nitrogens with one attached hydrogen (secondary N) is 4. The van der Waals surface area contributed by atoms with Gasteiger partial charge in [0, 0.05) is 6.42 Å². The number of carbonyl (C=O) groups is 5. The number of nitrogens with two attached hydrogens (primary N) is 1. The Morgan fingerprint density at radius 2 is 1.33 bits per heavy atom. The van der Waals surface area contributed by atoms with Crippen LogP contribution >= 0.6 is 11.8 Å². The normalized spacial score (nSPS) is 15.4. The second-order valence-corrected chi connectivity index (χ2v) is 12.6. The zero-order valence-electron chi connectivity index (χ0n) is 27.9. The fraction of sp³-hybridized carbons (Fsp3) is 0.500. The van der Waals surface area contributed by atoms with Crippen LogP contribution in [0.3, 0.4) is 0 Å². The largest absolute Gasteiger partial charge is 0.459 e. The average Bonchev–Trinajstić information content (AvgIpc) is 3.09. The van der Waals surface area contributed by atoms with Gasteiger partial charge in [0.25, 0.3) is 0 Å². The maximum atomic E-state index is 13.6. The molecule has 13 nitrogen and oxygen atoms in total. The summed E-state index contributed by atoms with van der Waals surface area (Å²) in [5.74, 6) is -3.45. The first kappa shape index (κ1) is 40.2. The Morgan fingerprint density at radius 3 is 1.88 bits per heavy atom. The molecule has 0 fully saturated rings. The molecule has 4 amide bonds. The SMILES string of the molecule is CC[C@H](C)[C@H](NC(=O)[C@H](N)CCSC)C(=O)N[C@@H](CO)C(=O)N[C@@H](Cc1ccccc1)C(=O)N[C@H](C(=O)OCc1ccccc1)[C@@H](C)O. The first-order valence-corrected chi connectivity index (χ1v) is 17.3. The maximum absolute atomic E-state index is 13.6. The molecule has 0 bridgehead atoms. The van der Waals surface area contributed by atoms with Crippen molar-refractivity contribution >= 4 is 41.4 Å².